The number of aryl methyl sites for hydroxylation is 1. The molecule has 0 spiro atoms. The predicted molar refractivity (Wildman–Crippen MR) is 298 cm³/mol. The minimum Gasteiger partial charge on any atom is -0.462 e. The summed E-state index contributed by atoms with van der Waals surface area (Å²) in [6.07, 6.45) is -1.07. The molecule has 4 amide bonds. The number of hydrogen-bond acceptors (Lipinski definition) is 14. The molecule has 80 heavy (non-hydrogen) atoms. The van der Waals surface area contributed by atoms with E-state index in [9.17, 15) is 47.9 Å². The Morgan fingerprint density at radius 1 is 0.438 bits per heavy atom. The largest absolute Gasteiger partial charge is 0.462 e. The molecule has 6 aromatic rings. The van der Waals surface area contributed by atoms with Gasteiger partial charge in [0.1, 0.15) is 12.2 Å². The summed E-state index contributed by atoms with van der Waals surface area (Å²) in [6.45, 7) is 14.7. The van der Waals surface area contributed by atoms with E-state index in [0.717, 1.165) is 11.6 Å². The third-order valence-electron chi connectivity index (χ3n) is 11.9. The number of amides is 4. The van der Waals surface area contributed by atoms with E-state index in [4.69, 9.17) is 18.9 Å². The van der Waals surface area contributed by atoms with Crippen LogP contribution in [0.3, 0.4) is 0 Å². The lowest BCUT2D eigenvalue weighted by Gasteiger charge is -2.15. The van der Waals surface area contributed by atoms with Crippen LogP contribution in [0.1, 0.15) is 140 Å². The third kappa shape index (κ3) is 16.2. The van der Waals surface area contributed by atoms with Crippen molar-refractivity contribution >= 4 is 76.1 Å². The maximum Gasteiger partial charge on any atom is 0.338 e. The quantitative estimate of drug-likeness (QED) is 0.0202. The van der Waals surface area contributed by atoms with Crippen molar-refractivity contribution in [2.45, 2.75) is 59.7 Å². The van der Waals surface area contributed by atoms with Gasteiger partial charge in [-0.3, -0.25) is 28.8 Å². The van der Waals surface area contributed by atoms with Crippen molar-refractivity contribution in [2.75, 3.05) is 36.2 Å². The molecule has 0 heterocycles. The van der Waals surface area contributed by atoms with Gasteiger partial charge in [-0.1, -0.05) is 67.3 Å². The van der Waals surface area contributed by atoms with E-state index < -0.39 is 59.6 Å². The molecule has 6 aromatic carbocycles. The fraction of sp³-hybridized carbons (Fsp3) is 0.194. The third-order valence-corrected chi connectivity index (χ3v) is 11.9. The SMILES string of the molecule is C=C(C)C(=O)OC(C)CCOC(=O)c1cc(C(=O)Nc2cccc(C(=O)Nc3cccc(C(=O)c4cccc(NC(=O)c5cccc(C)c5)c4)c3)c2)cc(C(=O)c2ccc(C(=O)OCCC(C)OC(=O)C(=C)C)c(C(=O)NC)c2)c1. The van der Waals surface area contributed by atoms with Crippen LogP contribution < -0.4 is 21.3 Å². The number of hydrogen-bond donors (Lipinski definition) is 4. The van der Waals surface area contributed by atoms with Gasteiger partial charge >= 0.3 is 23.9 Å². The van der Waals surface area contributed by atoms with E-state index in [1.54, 1.807) is 74.5 Å². The maximum absolute atomic E-state index is 14.3. The lowest BCUT2D eigenvalue weighted by molar-refractivity contribution is -0.144. The van der Waals surface area contributed by atoms with Crippen LogP contribution in [0, 0.1) is 6.92 Å². The summed E-state index contributed by atoms with van der Waals surface area (Å²) < 4.78 is 21.3. The normalized spacial score (nSPS) is 11.3. The molecule has 0 radical (unpaired) electrons. The standard InChI is InChI=1S/C62H58N4O14/c1-35(2)59(73)79-38(6)23-25-77-61(75)47-29-45(54(68)42-21-22-51(52(34-42)58(72)63-8)62(76)78-26-24-39(7)80-60(74)36(3)4)28-46(30-47)57(71)66-50-20-12-17-44(33-50)56(70)65-49-19-11-15-41(32-49)53(67)40-14-10-18-48(31-40)64-55(69)43-16-9-13-37(5)27-43/h9-22,27-34,38-39H,1,3,23-26H2,2,4-8H3,(H,63,72)(H,64,69)(H,65,70)(H,66,71). The molecule has 0 aliphatic heterocycles. The van der Waals surface area contributed by atoms with Crippen LogP contribution >= 0.6 is 0 Å². The second kappa shape index (κ2) is 27.3. The zero-order chi connectivity index (χ0) is 58.2. The Morgan fingerprint density at radius 2 is 0.850 bits per heavy atom. The zero-order valence-corrected chi connectivity index (χ0v) is 44.8. The Bertz CT molecular complexity index is 3470. The number of carbonyl (C=O) groups is 10. The lowest BCUT2D eigenvalue weighted by atomic mass is 9.95. The second-order valence-electron chi connectivity index (χ2n) is 18.6. The molecule has 2 atom stereocenters. The van der Waals surface area contributed by atoms with Crippen molar-refractivity contribution < 1.29 is 66.9 Å². The Balaban J connectivity index is 1.20. The lowest BCUT2D eigenvalue weighted by Crippen LogP contribution is -2.23. The maximum atomic E-state index is 14.3. The molecule has 0 aliphatic rings. The molecule has 18 nitrogen and oxygen atoms in total. The highest BCUT2D eigenvalue weighted by Crippen LogP contribution is 2.24. The fourth-order valence-electron chi connectivity index (χ4n) is 7.62. The number of benzene rings is 6. The Kier molecular flexibility index (Phi) is 20.2. The van der Waals surface area contributed by atoms with Crippen molar-refractivity contribution in [2.24, 2.45) is 0 Å². The van der Waals surface area contributed by atoms with E-state index >= 15 is 0 Å². The van der Waals surface area contributed by atoms with Crippen molar-refractivity contribution in [1.29, 1.82) is 0 Å². The molecule has 0 saturated carbocycles. The zero-order valence-electron chi connectivity index (χ0n) is 44.8. The summed E-state index contributed by atoms with van der Waals surface area (Å²) in [6, 6.07) is 33.0. The molecule has 2 unspecified atom stereocenters. The van der Waals surface area contributed by atoms with Gasteiger partial charge in [-0.2, -0.15) is 0 Å². The molecule has 18 heteroatoms. The summed E-state index contributed by atoms with van der Waals surface area (Å²) in [5.41, 5.74) is 2.08. The van der Waals surface area contributed by atoms with Crippen molar-refractivity contribution in [3.05, 3.63) is 219 Å². The molecular formula is C62H58N4O14. The van der Waals surface area contributed by atoms with Gasteiger partial charge < -0.3 is 40.2 Å². The average molecular weight is 1080 g/mol. The highest BCUT2D eigenvalue weighted by Gasteiger charge is 2.25. The number of ketones is 2. The number of rotatable bonds is 23. The molecule has 6 rings (SSSR count). The molecule has 410 valence electrons. The average Bonchev–Trinajstić information content (AvgIpc) is 3.44. The predicted octanol–water partition coefficient (Wildman–Crippen LogP) is 9.68. The number of ether oxygens (including phenoxy) is 4. The van der Waals surface area contributed by atoms with Gasteiger partial charge in [0, 0.05) is 87.0 Å². The monoisotopic (exact) mass is 1080 g/mol. The van der Waals surface area contributed by atoms with Crippen LogP contribution in [0.2, 0.25) is 0 Å². The molecule has 0 aromatic heterocycles. The molecular weight excluding hydrogens is 1020 g/mol. The first-order valence-electron chi connectivity index (χ1n) is 25.1. The van der Waals surface area contributed by atoms with Crippen LogP contribution in [-0.2, 0) is 28.5 Å². The molecule has 0 aliphatic carbocycles. The Hall–Kier alpha value is -10.1. The van der Waals surface area contributed by atoms with Gasteiger partial charge in [-0.25, -0.2) is 19.2 Å². The first-order chi connectivity index (χ1) is 38.1. The van der Waals surface area contributed by atoms with E-state index in [2.05, 4.69) is 34.4 Å². The summed E-state index contributed by atoms with van der Waals surface area (Å²) in [4.78, 5) is 133. The van der Waals surface area contributed by atoms with Gasteiger partial charge in [0.25, 0.3) is 23.6 Å². The van der Waals surface area contributed by atoms with E-state index in [0.29, 0.717) is 16.8 Å². The highest BCUT2D eigenvalue weighted by molar-refractivity contribution is 6.16. The molecule has 0 saturated heterocycles. The summed E-state index contributed by atoms with van der Waals surface area (Å²) in [7, 11) is 1.32. The fourth-order valence-corrected chi connectivity index (χ4v) is 7.62. The van der Waals surface area contributed by atoms with Gasteiger partial charge in [0.05, 0.1) is 29.9 Å². The summed E-state index contributed by atoms with van der Waals surface area (Å²) in [5, 5.41) is 10.7. The smallest absolute Gasteiger partial charge is 0.338 e. The second-order valence-corrected chi connectivity index (χ2v) is 18.6. The van der Waals surface area contributed by atoms with Crippen LogP contribution in [0.15, 0.2) is 158 Å². The van der Waals surface area contributed by atoms with Crippen molar-refractivity contribution in [3.8, 4) is 0 Å². The van der Waals surface area contributed by atoms with Gasteiger partial charge in [-0.05, 0) is 120 Å². The Morgan fingerprint density at radius 3 is 1.35 bits per heavy atom. The van der Waals surface area contributed by atoms with E-state index in [1.165, 1.54) is 81.6 Å². The van der Waals surface area contributed by atoms with Gasteiger partial charge in [-0.15, -0.1) is 0 Å². The first kappa shape index (κ1) is 59.1. The highest BCUT2D eigenvalue weighted by atomic mass is 16.6. The van der Waals surface area contributed by atoms with Crippen LogP contribution in [0.4, 0.5) is 17.1 Å². The van der Waals surface area contributed by atoms with Crippen molar-refractivity contribution in [3.63, 3.8) is 0 Å². The number of anilines is 3. The van der Waals surface area contributed by atoms with Gasteiger partial charge in [0.15, 0.2) is 11.6 Å². The Labute approximate surface area is 461 Å². The molecule has 4 N–H and O–H groups in total. The minimum absolute atomic E-state index is 0.0921. The number of nitrogens with one attached hydrogen (secondary N) is 4. The minimum atomic E-state index is -0.944. The number of esters is 4. The van der Waals surface area contributed by atoms with E-state index in [-0.39, 0.29) is 105 Å². The van der Waals surface area contributed by atoms with E-state index in [1.807, 2.05) is 13.0 Å². The molecule has 0 fully saturated rings. The topological polar surface area (TPSA) is 256 Å². The first-order valence-corrected chi connectivity index (χ1v) is 25.1. The van der Waals surface area contributed by atoms with Crippen LogP contribution in [0.5, 0.6) is 0 Å². The van der Waals surface area contributed by atoms with Crippen molar-refractivity contribution in [1.82, 2.24) is 5.32 Å². The van der Waals surface area contributed by atoms with Crippen LogP contribution in [-0.4, -0.2) is 91.5 Å². The summed E-state index contributed by atoms with van der Waals surface area (Å²) >= 11 is 0. The van der Waals surface area contributed by atoms with Gasteiger partial charge in [0.2, 0.25) is 0 Å². The number of carbonyl (C=O) groups excluding carboxylic acids is 10. The molecule has 0 bridgehead atoms. The summed E-state index contributed by atoms with van der Waals surface area (Å²) in [5.74, 6) is -6.72. The van der Waals surface area contributed by atoms with Crippen LogP contribution in [0.25, 0.3) is 0 Å².